The van der Waals surface area contributed by atoms with Gasteiger partial charge in [-0.05, 0) is 122 Å². The van der Waals surface area contributed by atoms with Gasteiger partial charge in [0.2, 0.25) is 0 Å². The minimum Gasteiger partial charge on any atom is -0.462 e. The molecular weight excluding hydrogens is 1120 g/mol. The summed E-state index contributed by atoms with van der Waals surface area (Å²) in [7, 11) is -4.41. The second kappa shape index (κ2) is 72.7. The molecule has 0 bridgehead atoms. The molecule has 0 aliphatic carbocycles. The molecule has 0 saturated heterocycles. The highest BCUT2D eigenvalue weighted by atomic mass is 31.2. The SMILES string of the molecule is CC/C=C\C/C=C\C/C=C\C/C=C\C/C=C\C/C=C\C/C=C\CCCCCCCCCCCC(=O)OC(COC(=O)CCCCCCCCCCCCCCCCCCCC/C=C\C/C=C\C/C=C\C/C=C\C/C=C\C/C=C\CC)COP(=O)(O)OCCN. The third-order valence-electron chi connectivity index (χ3n) is 14.9. The van der Waals surface area contributed by atoms with Gasteiger partial charge in [-0.2, -0.15) is 0 Å². The molecule has 506 valence electrons. The van der Waals surface area contributed by atoms with E-state index in [1.807, 2.05) is 0 Å². The maximum Gasteiger partial charge on any atom is 0.472 e. The topological polar surface area (TPSA) is 134 Å². The van der Waals surface area contributed by atoms with Crippen LogP contribution >= 0.6 is 7.82 Å². The van der Waals surface area contributed by atoms with E-state index in [4.69, 9.17) is 24.3 Å². The number of rotatable bonds is 66. The van der Waals surface area contributed by atoms with E-state index >= 15 is 0 Å². The lowest BCUT2D eigenvalue weighted by atomic mass is 10.0. The van der Waals surface area contributed by atoms with Crippen LogP contribution < -0.4 is 5.73 Å². The van der Waals surface area contributed by atoms with Crippen LogP contribution in [0.5, 0.6) is 0 Å². The van der Waals surface area contributed by atoms with Crippen molar-refractivity contribution in [3.63, 3.8) is 0 Å². The second-order valence-corrected chi connectivity index (χ2v) is 24.8. The zero-order chi connectivity index (χ0) is 64.4. The van der Waals surface area contributed by atoms with Crippen LogP contribution in [0.4, 0.5) is 0 Å². The van der Waals surface area contributed by atoms with Gasteiger partial charge in [0.15, 0.2) is 6.10 Å². The van der Waals surface area contributed by atoms with E-state index in [0.29, 0.717) is 6.42 Å². The van der Waals surface area contributed by atoms with Gasteiger partial charge in [-0.15, -0.1) is 0 Å². The summed E-state index contributed by atoms with van der Waals surface area (Å²) in [6, 6.07) is 0. The number of allylic oxidation sites excluding steroid dienone is 26. The van der Waals surface area contributed by atoms with Crippen LogP contribution in [0.2, 0.25) is 0 Å². The van der Waals surface area contributed by atoms with Crippen molar-refractivity contribution in [2.24, 2.45) is 5.73 Å². The van der Waals surface area contributed by atoms with E-state index in [-0.39, 0.29) is 38.6 Å². The molecule has 89 heavy (non-hydrogen) atoms. The van der Waals surface area contributed by atoms with E-state index in [2.05, 4.69) is 172 Å². The molecule has 10 heteroatoms. The Hall–Kier alpha value is -4.37. The number of ether oxygens (including phenoxy) is 2. The normalized spacial score (nSPS) is 13.9. The van der Waals surface area contributed by atoms with Crippen LogP contribution in [0.3, 0.4) is 0 Å². The van der Waals surface area contributed by atoms with Gasteiger partial charge < -0.3 is 20.1 Å². The van der Waals surface area contributed by atoms with Crippen molar-refractivity contribution < 1.29 is 37.6 Å². The fourth-order valence-electron chi connectivity index (χ4n) is 9.68. The predicted molar refractivity (Wildman–Crippen MR) is 385 cm³/mol. The number of nitrogens with two attached hydrogens (primary N) is 1. The molecule has 9 nitrogen and oxygen atoms in total. The van der Waals surface area contributed by atoms with Crippen LogP contribution in [0.1, 0.15) is 296 Å². The minimum absolute atomic E-state index is 0.0463. The minimum atomic E-state index is -4.41. The van der Waals surface area contributed by atoms with Crippen molar-refractivity contribution in [1.82, 2.24) is 0 Å². The van der Waals surface area contributed by atoms with Crippen molar-refractivity contribution in [2.75, 3.05) is 26.4 Å². The first kappa shape index (κ1) is 84.6. The second-order valence-electron chi connectivity index (χ2n) is 23.3. The molecule has 0 rings (SSSR count). The lowest BCUT2D eigenvalue weighted by molar-refractivity contribution is -0.161. The summed E-state index contributed by atoms with van der Waals surface area (Å²) in [6.45, 7) is 3.52. The van der Waals surface area contributed by atoms with Gasteiger partial charge in [-0.25, -0.2) is 4.57 Å². The van der Waals surface area contributed by atoms with E-state index in [0.717, 1.165) is 128 Å². The molecule has 2 atom stereocenters. The Balaban J connectivity index is 3.90. The van der Waals surface area contributed by atoms with Crippen LogP contribution in [0.15, 0.2) is 158 Å². The molecule has 2 unspecified atom stereocenters. The summed E-state index contributed by atoms with van der Waals surface area (Å²) in [5, 5.41) is 0. The van der Waals surface area contributed by atoms with Crippen LogP contribution in [0.25, 0.3) is 0 Å². The van der Waals surface area contributed by atoms with Gasteiger partial charge in [0.05, 0.1) is 13.2 Å². The molecule has 0 saturated carbocycles. The fourth-order valence-corrected chi connectivity index (χ4v) is 10.4. The highest BCUT2D eigenvalue weighted by Gasteiger charge is 2.26. The maximum atomic E-state index is 12.8. The first-order valence-corrected chi connectivity index (χ1v) is 37.5. The van der Waals surface area contributed by atoms with Crippen molar-refractivity contribution in [2.45, 2.75) is 302 Å². The molecule has 0 fully saturated rings. The third kappa shape index (κ3) is 72.6. The summed E-state index contributed by atoms with van der Waals surface area (Å²) in [5.41, 5.74) is 5.40. The van der Waals surface area contributed by atoms with E-state index in [1.165, 1.54) is 135 Å². The molecule has 0 aliphatic heterocycles. The van der Waals surface area contributed by atoms with Gasteiger partial charge in [-0.3, -0.25) is 18.6 Å². The molecule has 0 aliphatic rings. The van der Waals surface area contributed by atoms with Gasteiger partial charge in [0.25, 0.3) is 0 Å². The predicted octanol–water partition coefficient (Wildman–Crippen LogP) is 24.0. The van der Waals surface area contributed by atoms with E-state index < -0.39 is 26.5 Å². The highest BCUT2D eigenvalue weighted by Crippen LogP contribution is 2.43. The molecule has 0 aromatic heterocycles. The maximum absolute atomic E-state index is 12.8. The lowest BCUT2D eigenvalue weighted by Crippen LogP contribution is -2.29. The summed E-state index contributed by atoms with van der Waals surface area (Å²) in [5.74, 6) is -0.835. The Kier molecular flexibility index (Phi) is 69.1. The summed E-state index contributed by atoms with van der Waals surface area (Å²) in [6.07, 6.45) is 106. The van der Waals surface area contributed by atoms with Crippen LogP contribution in [-0.2, 0) is 32.7 Å². The summed E-state index contributed by atoms with van der Waals surface area (Å²) >= 11 is 0. The Labute approximate surface area is 547 Å². The zero-order valence-electron chi connectivity index (χ0n) is 56.9. The van der Waals surface area contributed by atoms with Crippen molar-refractivity contribution in [1.29, 1.82) is 0 Å². The number of phosphoric ester groups is 1. The molecular formula is C79H132NO8P. The Morgan fingerprint density at radius 1 is 0.337 bits per heavy atom. The van der Waals surface area contributed by atoms with Crippen molar-refractivity contribution in [3.8, 4) is 0 Å². The van der Waals surface area contributed by atoms with E-state index in [1.54, 1.807) is 0 Å². The van der Waals surface area contributed by atoms with Crippen molar-refractivity contribution >= 4 is 19.8 Å². The van der Waals surface area contributed by atoms with Gasteiger partial charge in [0, 0.05) is 19.4 Å². The molecule has 0 spiro atoms. The number of esters is 2. The Morgan fingerprint density at radius 3 is 0.865 bits per heavy atom. The van der Waals surface area contributed by atoms with E-state index in [9.17, 15) is 19.0 Å². The Bertz CT molecular complexity index is 2020. The molecule has 0 heterocycles. The zero-order valence-corrected chi connectivity index (χ0v) is 57.8. The summed E-state index contributed by atoms with van der Waals surface area (Å²) < 4.78 is 33.2. The highest BCUT2D eigenvalue weighted by molar-refractivity contribution is 7.47. The molecule has 3 N–H and O–H groups in total. The number of phosphoric acid groups is 1. The van der Waals surface area contributed by atoms with Crippen molar-refractivity contribution in [3.05, 3.63) is 158 Å². The molecule has 0 amide bonds. The van der Waals surface area contributed by atoms with Gasteiger partial charge >= 0.3 is 19.8 Å². The fraction of sp³-hybridized carbons (Fsp3) is 0.646. The van der Waals surface area contributed by atoms with Crippen LogP contribution in [-0.4, -0.2) is 49.3 Å². The number of hydrogen-bond donors (Lipinski definition) is 2. The first-order valence-electron chi connectivity index (χ1n) is 36.0. The van der Waals surface area contributed by atoms with Gasteiger partial charge in [-0.1, -0.05) is 320 Å². The van der Waals surface area contributed by atoms with Gasteiger partial charge in [0.1, 0.15) is 6.61 Å². The lowest BCUT2D eigenvalue weighted by Gasteiger charge is -2.19. The number of carbonyl (C=O) groups is 2. The largest absolute Gasteiger partial charge is 0.472 e. The monoisotopic (exact) mass is 1250 g/mol. The number of carbonyl (C=O) groups excluding carboxylic acids is 2. The standard InChI is InChI=1S/C79H132NO8P/c1-3-5-7-9-11-13-15-17-19-21-23-25-27-29-31-33-35-36-37-38-39-40-42-43-45-47-49-51-53-55-57-59-61-63-65-67-69-71-78(81)85-75-77(76-87-89(83,84)86-74-73-80)88-79(82)72-70-68-66-64-62-60-58-56-54-52-50-48-46-44-41-34-32-30-28-26-24-22-20-18-16-14-12-10-8-6-4-2/h5-8,11-14,17-20,23-26,29-32,35-36,41,44,48,50,77H,3-4,9-10,15-16,21-22,27-28,33-34,37-40,42-43,45-47,49,51-76,80H2,1-2H3,(H,83,84)/b7-5-,8-6-,13-11-,14-12-,19-17-,20-18-,25-23-,26-24-,31-29-,32-30-,36-35-,44-41-,50-48-. The quantitative estimate of drug-likeness (QED) is 0.0264. The first-order chi connectivity index (χ1) is 43.8. The molecule has 0 aromatic rings. The number of unbranched alkanes of at least 4 members (excludes halogenated alkanes) is 27. The summed E-state index contributed by atoms with van der Waals surface area (Å²) in [4.78, 5) is 35.4. The number of hydrogen-bond acceptors (Lipinski definition) is 8. The third-order valence-corrected chi connectivity index (χ3v) is 15.9. The smallest absolute Gasteiger partial charge is 0.462 e. The average molecular weight is 1250 g/mol. The Morgan fingerprint density at radius 2 is 0.584 bits per heavy atom. The average Bonchev–Trinajstić information content (AvgIpc) is 3.68. The molecule has 0 radical (unpaired) electrons. The van der Waals surface area contributed by atoms with Crippen LogP contribution in [0, 0.1) is 0 Å². The molecule has 0 aromatic carbocycles.